The normalized spacial score (nSPS) is 10.6. The number of H-pyrrole nitrogens is 1. The Hall–Kier alpha value is -2.27. The molecule has 0 saturated carbocycles. The maximum Gasteiger partial charge on any atom is 0.272 e. The van der Waals surface area contributed by atoms with Gasteiger partial charge in [-0.2, -0.15) is 0 Å². The lowest BCUT2D eigenvalue weighted by Crippen LogP contribution is -2.12. The van der Waals surface area contributed by atoms with Gasteiger partial charge in [-0.15, -0.1) is 11.3 Å². The number of amides is 1. The summed E-state index contributed by atoms with van der Waals surface area (Å²) < 4.78 is 5.20. The van der Waals surface area contributed by atoms with Crippen LogP contribution in [0.1, 0.15) is 10.5 Å². The van der Waals surface area contributed by atoms with Crippen molar-refractivity contribution in [1.82, 2.24) is 4.98 Å². The molecule has 0 fully saturated rings. The zero-order valence-corrected chi connectivity index (χ0v) is 11.1. The molecule has 0 aliphatic heterocycles. The summed E-state index contributed by atoms with van der Waals surface area (Å²) in [5, 5.41) is 5.88. The number of hydrogen-bond acceptors (Lipinski definition) is 3. The number of aromatic amines is 1. The van der Waals surface area contributed by atoms with Crippen molar-refractivity contribution in [3.8, 4) is 5.75 Å². The van der Waals surface area contributed by atoms with Crippen molar-refractivity contribution in [2.45, 2.75) is 0 Å². The number of aromatic nitrogens is 1. The van der Waals surface area contributed by atoms with Crippen LogP contribution in [-0.2, 0) is 0 Å². The van der Waals surface area contributed by atoms with Crippen LogP contribution in [0, 0.1) is 0 Å². The summed E-state index contributed by atoms with van der Waals surface area (Å²) in [6, 6.07) is 11.2. The number of nitrogens with one attached hydrogen (secondary N) is 2. The average molecular weight is 272 g/mol. The van der Waals surface area contributed by atoms with Gasteiger partial charge in [0.25, 0.3) is 5.91 Å². The topological polar surface area (TPSA) is 54.1 Å². The molecule has 1 aromatic carbocycles. The van der Waals surface area contributed by atoms with Gasteiger partial charge >= 0.3 is 0 Å². The Morgan fingerprint density at radius 3 is 2.95 bits per heavy atom. The molecule has 3 rings (SSSR count). The molecular formula is C14H12N2O2S. The lowest BCUT2D eigenvalue weighted by atomic mass is 10.2. The van der Waals surface area contributed by atoms with E-state index in [9.17, 15) is 4.79 Å². The van der Waals surface area contributed by atoms with E-state index in [1.807, 2.05) is 41.8 Å². The van der Waals surface area contributed by atoms with Crippen molar-refractivity contribution < 1.29 is 9.53 Å². The third-order valence-electron chi connectivity index (χ3n) is 2.84. The van der Waals surface area contributed by atoms with Gasteiger partial charge in [-0.25, -0.2) is 0 Å². The smallest absolute Gasteiger partial charge is 0.272 e. The van der Waals surface area contributed by atoms with Gasteiger partial charge in [0.05, 0.1) is 12.8 Å². The Bertz CT molecular complexity index is 701. The second-order valence-corrected chi connectivity index (χ2v) is 4.96. The Morgan fingerprint density at radius 2 is 2.16 bits per heavy atom. The number of benzene rings is 1. The van der Waals surface area contributed by atoms with Crippen LogP contribution in [0.3, 0.4) is 0 Å². The van der Waals surface area contributed by atoms with E-state index in [4.69, 9.17) is 4.74 Å². The highest BCUT2D eigenvalue weighted by atomic mass is 32.1. The van der Waals surface area contributed by atoms with Crippen LogP contribution < -0.4 is 10.1 Å². The monoisotopic (exact) mass is 272 g/mol. The molecule has 0 spiro atoms. The molecule has 0 saturated heterocycles. The molecule has 0 aliphatic rings. The van der Waals surface area contributed by atoms with Gasteiger partial charge in [0, 0.05) is 5.39 Å². The Morgan fingerprint density at radius 1 is 1.32 bits per heavy atom. The van der Waals surface area contributed by atoms with E-state index in [0.717, 1.165) is 10.2 Å². The van der Waals surface area contributed by atoms with Crippen molar-refractivity contribution in [3.63, 3.8) is 0 Å². The molecular weight excluding hydrogens is 260 g/mol. The summed E-state index contributed by atoms with van der Waals surface area (Å²) in [4.78, 5) is 16.3. The van der Waals surface area contributed by atoms with Crippen LogP contribution in [0.15, 0.2) is 41.8 Å². The van der Waals surface area contributed by atoms with Gasteiger partial charge in [0.15, 0.2) is 0 Å². The quantitative estimate of drug-likeness (QED) is 0.766. The van der Waals surface area contributed by atoms with E-state index < -0.39 is 0 Å². The third kappa shape index (κ3) is 2.20. The lowest BCUT2D eigenvalue weighted by Gasteiger charge is -2.08. The first-order chi connectivity index (χ1) is 9.28. The van der Waals surface area contributed by atoms with Gasteiger partial charge in [0.1, 0.15) is 16.3 Å². The molecule has 0 unspecified atom stereocenters. The molecule has 4 nitrogen and oxygen atoms in total. The van der Waals surface area contributed by atoms with E-state index >= 15 is 0 Å². The van der Waals surface area contributed by atoms with E-state index in [2.05, 4.69) is 10.3 Å². The minimum absolute atomic E-state index is 0.173. The van der Waals surface area contributed by atoms with E-state index in [1.165, 1.54) is 0 Å². The summed E-state index contributed by atoms with van der Waals surface area (Å²) in [6.07, 6.45) is 0. The molecule has 96 valence electrons. The number of rotatable bonds is 3. The van der Waals surface area contributed by atoms with Crippen LogP contribution in [0.2, 0.25) is 0 Å². The van der Waals surface area contributed by atoms with E-state index in [1.54, 1.807) is 18.4 Å². The average Bonchev–Trinajstić information content (AvgIpc) is 3.00. The summed E-state index contributed by atoms with van der Waals surface area (Å²) in [6.45, 7) is 0. The van der Waals surface area contributed by atoms with Crippen LogP contribution in [0.25, 0.3) is 10.2 Å². The van der Waals surface area contributed by atoms with Crippen molar-refractivity contribution in [3.05, 3.63) is 47.5 Å². The standard InChI is InChI=1S/C14H12N2O2S/c1-18-12-5-3-2-4-10(12)15-13(17)11-8-9-6-7-19-14(9)16-11/h2-8,16H,1H3,(H,15,17). The first kappa shape index (κ1) is 11.8. The van der Waals surface area contributed by atoms with Gasteiger partial charge in [0.2, 0.25) is 0 Å². The Balaban J connectivity index is 1.86. The number of ether oxygens (including phenoxy) is 1. The minimum Gasteiger partial charge on any atom is -0.495 e. The molecule has 3 aromatic rings. The highest BCUT2D eigenvalue weighted by molar-refractivity contribution is 7.16. The number of carbonyl (C=O) groups excluding carboxylic acids is 1. The number of carbonyl (C=O) groups is 1. The SMILES string of the molecule is COc1ccccc1NC(=O)c1cc2ccsc2[nH]1. The molecule has 0 radical (unpaired) electrons. The first-order valence-electron chi connectivity index (χ1n) is 5.78. The van der Waals surface area contributed by atoms with Crippen molar-refractivity contribution in [2.24, 2.45) is 0 Å². The van der Waals surface area contributed by atoms with E-state index in [0.29, 0.717) is 17.1 Å². The van der Waals surface area contributed by atoms with Crippen molar-refractivity contribution in [2.75, 3.05) is 12.4 Å². The number of fused-ring (bicyclic) bond motifs is 1. The summed E-state index contributed by atoms with van der Waals surface area (Å²) >= 11 is 1.58. The molecule has 0 aliphatic carbocycles. The third-order valence-corrected chi connectivity index (χ3v) is 3.69. The number of thiophene rings is 1. The maximum absolute atomic E-state index is 12.2. The minimum atomic E-state index is -0.173. The Kier molecular flexibility index (Phi) is 2.97. The number of hydrogen-bond donors (Lipinski definition) is 2. The zero-order valence-electron chi connectivity index (χ0n) is 10.3. The van der Waals surface area contributed by atoms with Gasteiger partial charge in [-0.05, 0) is 29.6 Å². The first-order valence-corrected chi connectivity index (χ1v) is 6.66. The zero-order chi connectivity index (χ0) is 13.2. The molecule has 2 N–H and O–H groups in total. The predicted octanol–water partition coefficient (Wildman–Crippen LogP) is 3.49. The highest BCUT2D eigenvalue weighted by Crippen LogP contribution is 2.25. The number of para-hydroxylation sites is 2. The molecule has 1 amide bonds. The summed E-state index contributed by atoms with van der Waals surface area (Å²) in [5.74, 6) is 0.470. The maximum atomic E-state index is 12.2. The largest absolute Gasteiger partial charge is 0.495 e. The van der Waals surface area contributed by atoms with Crippen LogP contribution in [-0.4, -0.2) is 18.0 Å². The van der Waals surface area contributed by atoms with Crippen molar-refractivity contribution in [1.29, 1.82) is 0 Å². The van der Waals surface area contributed by atoms with Crippen LogP contribution in [0.5, 0.6) is 5.75 Å². The number of methoxy groups -OCH3 is 1. The van der Waals surface area contributed by atoms with Gasteiger partial charge in [-0.1, -0.05) is 12.1 Å². The second kappa shape index (κ2) is 4.78. The molecule has 0 atom stereocenters. The molecule has 19 heavy (non-hydrogen) atoms. The fraction of sp³-hybridized carbons (Fsp3) is 0.0714. The summed E-state index contributed by atoms with van der Waals surface area (Å²) in [5.41, 5.74) is 1.21. The highest BCUT2D eigenvalue weighted by Gasteiger charge is 2.12. The number of anilines is 1. The van der Waals surface area contributed by atoms with Crippen molar-refractivity contribution >= 4 is 33.1 Å². The molecule has 0 bridgehead atoms. The van der Waals surface area contributed by atoms with Crippen LogP contribution >= 0.6 is 11.3 Å². The fourth-order valence-corrected chi connectivity index (χ4v) is 2.69. The molecule has 2 heterocycles. The molecule has 2 aromatic heterocycles. The Labute approximate surface area is 114 Å². The van der Waals surface area contributed by atoms with E-state index in [-0.39, 0.29) is 5.91 Å². The van der Waals surface area contributed by atoms with Gasteiger partial charge in [-0.3, -0.25) is 4.79 Å². The fourth-order valence-electron chi connectivity index (χ4n) is 1.91. The predicted molar refractivity (Wildman–Crippen MR) is 77.1 cm³/mol. The van der Waals surface area contributed by atoms with Crippen LogP contribution in [0.4, 0.5) is 5.69 Å². The van der Waals surface area contributed by atoms with Gasteiger partial charge < -0.3 is 15.0 Å². The second-order valence-electron chi connectivity index (χ2n) is 4.04. The molecule has 5 heteroatoms. The summed E-state index contributed by atoms with van der Waals surface area (Å²) in [7, 11) is 1.58. The lowest BCUT2D eigenvalue weighted by molar-refractivity contribution is 0.102.